The lowest BCUT2D eigenvalue weighted by molar-refractivity contribution is 1.01. The highest BCUT2D eigenvalue weighted by Crippen LogP contribution is 2.05. The first-order valence-electron chi connectivity index (χ1n) is 5.84. The molecule has 0 atom stereocenters. The topological polar surface area (TPSA) is 34.4 Å². The molecule has 2 rings (SSSR count). The predicted molar refractivity (Wildman–Crippen MR) is 72.3 cm³/mol. The molecule has 0 aliphatic rings. The molecule has 2 heterocycles. The molecule has 0 radical (unpaired) electrons. The van der Waals surface area contributed by atoms with Gasteiger partial charge in [0.25, 0.3) is 5.56 Å². The molecule has 0 aromatic carbocycles. The average Bonchev–Trinajstić information content (AvgIpc) is 2.38. The fourth-order valence-electron chi connectivity index (χ4n) is 1.51. The van der Waals surface area contributed by atoms with Gasteiger partial charge < -0.3 is 0 Å². The summed E-state index contributed by atoms with van der Waals surface area (Å²) in [5.41, 5.74) is 2.10. The maximum Gasteiger partial charge on any atom is 0.261 e. The third kappa shape index (κ3) is 2.61. The van der Waals surface area contributed by atoms with E-state index in [0.29, 0.717) is 11.2 Å². The van der Waals surface area contributed by atoms with Gasteiger partial charge in [0.2, 0.25) is 0 Å². The molecule has 0 saturated heterocycles. The molecule has 3 heteroatoms. The Hall–Kier alpha value is -1.90. The van der Waals surface area contributed by atoms with Crippen LogP contribution in [-0.2, 0) is 0 Å². The van der Waals surface area contributed by atoms with Crippen LogP contribution in [0.1, 0.15) is 32.0 Å². The Bertz CT molecular complexity index is 582. The summed E-state index contributed by atoms with van der Waals surface area (Å²) in [6.07, 6.45) is 5.47. The smallest absolute Gasteiger partial charge is 0.261 e. The van der Waals surface area contributed by atoms with Crippen LogP contribution in [0.5, 0.6) is 0 Å². The molecule has 0 amide bonds. The molecule has 0 spiro atoms. The fraction of sp³-hybridized carbons (Fsp3) is 0.286. The average molecular weight is 230 g/mol. The van der Waals surface area contributed by atoms with Gasteiger partial charge in [0.05, 0.1) is 5.69 Å². The van der Waals surface area contributed by atoms with E-state index in [0.717, 1.165) is 5.69 Å². The van der Waals surface area contributed by atoms with Crippen LogP contribution in [0.4, 0.5) is 0 Å². The number of fused-ring (bicyclic) bond motifs is 1. The maximum atomic E-state index is 11.9. The van der Waals surface area contributed by atoms with Crippen molar-refractivity contribution >= 4 is 11.7 Å². The van der Waals surface area contributed by atoms with E-state index >= 15 is 0 Å². The van der Waals surface area contributed by atoms with Crippen molar-refractivity contribution in [3.63, 3.8) is 0 Å². The van der Waals surface area contributed by atoms with Crippen molar-refractivity contribution in [3.8, 4) is 0 Å². The molecule has 2 aromatic heterocycles. The number of rotatable bonds is 1. The summed E-state index contributed by atoms with van der Waals surface area (Å²) in [5.74, 6) is 0. The molecule has 90 valence electrons. The molecule has 0 N–H and O–H groups in total. The van der Waals surface area contributed by atoms with Crippen molar-refractivity contribution in [3.05, 3.63) is 52.1 Å². The normalized spacial score (nSPS) is 10.4. The second-order valence-corrected chi connectivity index (χ2v) is 3.36. The van der Waals surface area contributed by atoms with E-state index in [1.165, 1.54) is 0 Å². The number of nitrogens with zero attached hydrogens (tertiary/aromatic N) is 2. The van der Waals surface area contributed by atoms with Crippen molar-refractivity contribution < 1.29 is 0 Å². The Balaban J connectivity index is 0.000000686. The minimum Gasteiger partial charge on any atom is -0.269 e. The zero-order valence-electron chi connectivity index (χ0n) is 10.8. The Morgan fingerprint density at radius 3 is 2.65 bits per heavy atom. The number of hydrogen-bond donors (Lipinski definition) is 0. The molecular weight excluding hydrogens is 212 g/mol. The quantitative estimate of drug-likeness (QED) is 0.754. The Kier molecular flexibility index (Phi) is 4.64. The Labute approximate surface area is 101 Å². The summed E-state index contributed by atoms with van der Waals surface area (Å²) >= 11 is 0. The number of hydrogen-bond acceptors (Lipinski definition) is 2. The summed E-state index contributed by atoms with van der Waals surface area (Å²) in [7, 11) is 0. The van der Waals surface area contributed by atoms with Crippen LogP contribution in [0.2, 0.25) is 0 Å². The molecule has 0 unspecified atom stereocenters. The van der Waals surface area contributed by atoms with Gasteiger partial charge in [0, 0.05) is 11.8 Å². The second-order valence-electron chi connectivity index (χ2n) is 3.36. The lowest BCUT2D eigenvalue weighted by Crippen LogP contribution is -2.18. The van der Waals surface area contributed by atoms with Gasteiger partial charge >= 0.3 is 0 Å². The maximum absolute atomic E-state index is 11.9. The van der Waals surface area contributed by atoms with E-state index in [2.05, 4.69) is 4.98 Å². The van der Waals surface area contributed by atoms with Gasteiger partial charge in [-0.15, -0.1) is 0 Å². The molecular formula is C14H18N2O. The SMILES string of the molecule is C/C=C/c1nc2ccccn2c(=O)c1C.CC. The van der Waals surface area contributed by atoms with Crippen LogP contribution in [-0.4, -0.2) is 9.38 Å². The van der Waals surface area contributed by atoms with Crippen molar-refractivity contribution in [1.82, 2.24) is 9.38 Å². The monoisotopic (exact) mass is 230 g/mol. The molecule has 2 aromatic rings. The van der Waals surface area contributed by atoms with Gasteiger partial charge in [0.15, 0.2) is 0 Å². The van der Waals surface area contributed by atoms with E-state index in [1.807, 2.05) is 51.1 Å². The largest absolute Gasteiger partial charge is 0.269 e. The predicted octanol–water partition coefficient (Wildman–Crippen LogP) is 3.06. The van der Waals surface area contributed by atoms with Crippen LogP contribution >= 0.6 is 0 Å². The first kappa shape index (κ1) is 13.2. The molecule has 0 bridgehead atoms. The highest BCUT2D eigenvalue weighted by Gasteiger charge is 2.04. The molecule has 0 aliphatic heterocycles. The Morgan fingerprint density at radius 2 is 2.00 bits per heavy atom. The second kappa shape index (κ2) is 5.99. The lowest BCUT2D eigenvalue weighted by atomic mass is 10.2. The van der Waals surface area contributed by atoms with Gasteiger partial charge in [-0.25, -0.2) is 4.98 Å². The van der Waals surface area contributed by atoms with Crippen molar-refractivity contribution in [1.29, 1.82) is 0 Å². The van der Waals surface area contributed by atoms with E-state index in [-0.39, 0.29) is 5.56 Å². The summed E-state index contributed by atoms with van der Waals surface area (Å²) < 4.78 is 1.56. The van der Waals surface area contributed by atoms with Crippen LogP contribution in [0.3, 0.4) is 0 Å². The summed E-state index contributed by atoms with van der Waals surface area (Å²) in [6, 6.07) is 5.52. The minimum absolute atomic E-state index is 0.00583. The third-order valence-electron chi connectivity index (χ3n) is 2.32. The van der Waals surface area contributed by atoms with Gasteiger partial charge in [-0.05, 0) is 32.1 Å². The molecule has 0 saturated carbocycles. The number of pyridine rings is 1. The minimum atomic E-state index is -0.00583. The van der Waals surface area contributed by atoms with E-state index in [9.17, 15) is 4.79 Å². The molecule has 0 aliphatic carbocycles. The highest BCUT2D eigenvalue weighted by molar-refractivity contribution is 5.52. The van der Waals surface area contributed by atoms with E-state index in [4.69, 9.17) is 0 Å². The molecule has 17 heavy (non-hydrogen) atoms. The highest BCUT2D eigenvalue weighted by atomic mass is 16.1. The standard InChI is InChI=1S/C12H12N2O.C2H6/c1-3-6-10-9(2)12(15)14-8-5-4-7-11(14)13-10;1-2/h3-8H,1-2H3;1-2H3/b6-3+;. The first-order chi connectivity index (χ1) is 8.24. The van der Waals surface area contributed by atoms with Crippen LogP contribution in [0, 0.1) is 6.92 Å². The van der Waals surface area contributed by atoms with Gasteiger partial charge in [0.1, 0.15) is 5.65 Å². The van der Waals surface area contributed by atoms with E-state index < -0.39 is 0 Å². The van der Waals surface area contributed by atoms with Crippen molar-refractivity contribution in [2.45, 2.75) is 27.7 Å². The van der Waals surface area contributed by atoms with Crippen molar-refractivity contribution in [2.75, 3.05) is 0 Å². The van der Waals surface area contributed by atoms with Crippen molar-refractivity contribution in [2.24, 2.45) is 0 Å². The summed E-state index contributed by atoms with van der Waals surface area (Å²) in [4.78, 5) is 16.3. The van der Waals surface area contributed by atoms with Crippen LogP contribution < -0.4 is 5.56 Å². The van der Waals surface area contributed by atoms with Gasteiger partial charge in [-0.3, -0.25) is 9.20 Å². The fourth-order valence-corrected chi connectivity index (χ4v) is 1.51. The lowest BCUT2D eigenvalue weighted by Gasteiger charge is -2.03. The molecule has 3 nitrogen and oxygen atoms in total. The summed E-state index contributed by atoms with van der Waals surface area (Å²) in [6.45, 7) is 7.71. The number of allylic oxidation sites excluding steroid dienone is 1. The Morgan fingerprint density at radius 1 is 1.29 bits per heavy atom. The van der Waals surface area contributed by atoms with Gasteiger partial charge in [-0.1, -0.05) is 26.0 Å². The van der Waals surface area contributed by atoms with Gasteiger partial charge in [-0.2, -0.15) is 0 Å². The van der Waals surface area contributed by atoms with Crippen LogP contribution in [0.15, 0.2) is 35.3 Å². The third-order valence-corrected chi connectivity index (χ3v) is 2.32. The molecule has 0 fully saturated rings. The van der Waals surface area contributed by atoms with E-state index in [1.54, 1.807) is 17.5 Å². The summed E-state index contributed by atoms with van der Waals surface area (Å²) in [5, 5.41) is 0. The van der Waals surface area contributed by atoms with Crippen LogP contribution in [0.25, 0.3) is 11.7 Å². The zero-order valence-corrected chi connectivity index (χ0v) is 10.8. The first-order valence-corrected chi connectivity index (χ1v) is 5.84. The number of aromatic nitrogens is 2. The zero-order chi connectivity index (χ0) is 12.8.